The standard InChI is InChI=1S/C47H63BrN14O3/c48-43-11-10-42-44-40(43)8-1-9-41(44)46(64)62(47(42)65)25-20-53-45(63)37-27-35(29-60-33-38(54-56-60)31-58-21-4-16-49-12-2-13-50-17-5-22-58)26-36(28-37)30-61-34-39(55-57-61)32-59-23-6-18-51-14-3-15-52-19-7-24-59/h1,8-11,26-28,33-34,49-52H,2-7,12-25,29-32H2,(H,53,63). The Bertz CT molecular complexity index is 2250. The van der Waals surface area contributed by atoms with E-state index in [-0.39, 0.29) is 30.8 Å². The van der Waals surface area contributed by atoms with Crippen molar-refractivity contribution < 1.29 is 14.4 Å². The second-order valence-corrected chi connectivity index (χ2v) is 18.2. The highest BCUT2D eigenvalue weighted by Gasteiger charge is 2.33. The molecule has 0 radical (unpaired) electrons. The lowest BCUT2D eigenvalue weighted by molar-refractivity contribution is 0.0607. The zero-order chi connectivity index (χ0) is 44.8. The first-order chi connectivity index (χ1) is 31.9. The molecule has 5 N–H and O–H groups in total. The maximum Gasteiger partial charge on any atom is 0.261 e. The van der Waals surface area contributed by atoms with E-state index in [0.717, 1.165) is 149 Å². The van der Waals surface area contributed by atoms with Crippen molar-refractivity contribution in [3.05, 3.63) is 105 Å². The van der Waals surface area contributed by atoms with Crippen LogP contribution in [0.4, 0.5) is 0 Å². The molecule has 65 heavy (non-hydrogen) atoms. The van der Waals surface area contributed by atoms with E-state index in [4.69, 9.17) is 0 Å². The summed E-state index contributed by atoms with van der Waals surface area (Å²) in [6, 6.07) is 14.8. The van der Waals surface area contributed by atoms with E-state index in [2.05, 4.69) is 79.0 Å². The third kappa shape index (κ3) is 12.9. The van der Waals surface area contributed by atoms with Gasteiger partial charge in [0.1, 0.15) is 0 Å². The van der Waals surface area contributed by atoms with Crippen LogP contribution in [0.2, 0.25) is 0 Å². The van der Waals surface area contributed by atoms with Crippen molar-refractivity contribution in [2.24, 2.45) is 0 Å². The van der Waals surface area contributed by atoms with Crippen LogP contribution in [-0.2, 0) is 26.2 Å². The van der Waals surface area contributed by atoms with Gasteiger partial charge in [0.25, 0.3) is 17.7 Å². The van der Waals surface area contributed by atoms with Gasteiger partial charge in [0, 0.05) is 52.7 Å². The Morgan fingerprint density at radius 1 is 0.615 bits per heavy atom. The lowest BCUT2D eigenvalue weighted by Gasteiger charge is -2.27. The summed E-state index contributed by atoms with van der Waals surface area (Å²) in [5, 5.41) is 36.8. The molecule has 0 atom stereocenters. The van der Waals surface area contributed by atoms with Gasteiger partial charge in [-0.2, -0.15) is 0 Å². The molecule has 8 rings (SSSR count). The highest BCUT2D eigenvalue weighted by atomic mass is 79.9. The van der Waals surface area contributed by atoms with E-state index >= 15 is 0 Å². The highest BCUT2D eigenvalue weighted by Crippen LogP contribution is 2.34. The van der Waals surface area contributed by atoms with Crippen LogP contribution in [0, 0.1) is 0 Å². The van der Waals surface area contributed by atoms with Crippen LogP contribution in [0.25, 0.3) is 10.8 Å². The normalized spacial score (nSPS) is 18.1. The van der Waals surface area contributed by atoms with Crippen LogP contribution in [-0.4, -0.2) is 154 Å². The Balaban J connectivity index is 0.956. The third-order valence-corrected chi connectivity index (χ3v) is 12.9. The Hall–Kier alpha value is -4.95. The molecular weight excluding hydrogens is 889 g/mol. The molecule has 2 aromatic heterocycles. The van der Waals surface area contributed by atoms with E-state index in [1.54, 1.807) is 12.1 Å². The van der Waals surface area contributed by atoms with Crippen molar-refractivity contribution in [3.8, 4) is 0 Å². The summed E-state index contributed by atoms with van der Waals surface area (Å²) in [7, 11) is 0. The Labute approximate surface area is 389 Å². The Morgan fingerprint density at radius 2 is 1.11 bits per heavy atom. The molecule has 3 aliphatic heterocycles. The number of halogens is 1. The van der Waals surface area contributed by atoms with Crippen molar-refractivity contribution in [3.63, 3.8) is 0 Å². The van der Waals surface area contributed by atoms with Gasteiger partial charge in [-0.15, -0.1) is 10.2 Å². The average molecular weight is 952 g/mol. The van der Waals surface area contributed by atoms with E-state index < -0.39 is 0 Å². The molecule has 3 aromatic carbocycles. The number of benzene rings is 3. The lowest BCUT2D eigenvalue weighted by Crippen LogP contribution is -2.44. The minimum Gasteiger partial charge on any atom is -0.350 e. The Kier molecular flexibility index (Phi) is 16.8. The number of amides is 3. The smallest absolute Gasteiger partial charge is 0.261 e. The summed E-state index contributed by atoms with van der Waals surface area (Å²) in [6.45, 7) is 14.4. The van der Waals surface area contributed by atoms with Gasteiger partial charge in [-0.25, -0.2) is 9.36 Å². The molecule has 5 aromatic rings. The van der Waals surface area contributed by atoms with E-state index in [9.17, 15) is 14.4 Å². The number of carbonyl (C=O) groups excluding carboxylic acids is 3. The number of hydrogen-bond acceptors (Lipinski definition) is 13. The number of hydrogen-bond donors (Lipinski definition) is 5. The van der Waals surface area contributed by atoms with Crippen LogP contribution in [0.1, 0.15) is 92.1 Å². The van der Waals surface area contributed by atoms with Crippen LogP contribution >= 0.6 is 15.9 Å². The topological polar surface area (TPSA) is 182 Å². The van der Waals surface area contributed by atoms with Crippen LogP contribution in [0.5, 0.6) is 0 Å². The maximum atomic E-state index is 14.0. The number of carbonyl (C=O) groups is 3. The fraction of sp³-hybridized carbons (Fsp3) is 0.511. The average Bonchev–Trinajstić information content (AvgIpc) is 3.94. The van der Waals surface area contributed by atoms with Gasteiger partial charge in [0.15, 0.2) is 0 Å². The first-order valence-electron chi connectivity index (χ1n) is 23.4. The second kappa shape index (κ2) is 23.5. The number of rotatable bonds is 12. The van der Waals surface area contributed by atoms with E-state index in [0.29, 0.717) is 48.3 Å². The quantitative estimate of drug-likeness (QED) is 0.115. The van der Waals surface area contributed by atoms with Crippen molar-refractivity contribution in [1.82, 2.24) is 71.3 Å². The monoisotopic (exact) mass is 950 g/mol. The molecule has 0 spiro atoms. The van der Waals surface area contributed by atoms with Gasteiger partial charge in [0.2, 0.25) is 0 Å². The number of nitrogens with zero attached hydrogens (tertiary/aromatic N) is 9. The number of imide groups is 1. The first kappa shape index (κ1) is 46.6. The highest BCUT2D eigenvalue weighted by molar-refractivity contribution is 9.10. The van der Waals surface area contributed by atoms with E-state index in [1.165, 1.54) is 4.90 Å². The SMILES string of the molecule is O=C(NCCN1C(=O)c2cccc3c(Br)ccc(c23)C1=O)c1cc(Cn2cc(CN3CCCNCCCNCCC3)nn2)cc(Cn2cc(CN3CCCNCCCNCCC3)nn2)c1. The van der Waals surface area contributed by atoms with Gasteiger partial charge in [-0.1, -0.05) is 44.6 Å². The third-order valence-electron chi connectivity index (χ3n) is 12.2. The second-order valence-electron chi connectivity index (χ2n) is 17.4. The molecule has 3 amide bonds. The van der Waals surface area contributed by atoms with Crippen molar-refractivity contribution in [2.45, 2.75) is 64.7 Å². The lowest BCUT2D eigenvalue weighted by atomic mass is 9.94. The summed E-state index contributed by atoms with van der Waals surface area (Å²) < 4.78 is 4.48. The fourth-order valence-electron chi connectivity index (χ4n) is 9.01. The number of nitrogens with one attached hydrogen (secondary N) is 5. The molecule has 2 fully saturated rings. The summed E-state index contributed by atoms with van der Waals surface area (Å²) in [6.07, 6.45) is 10.6. The van der Waals surface area contributed by atoms with Gasteiger partial charge >= 0.3 is 0 Å². The fourth-order valence-corrected chi connectivity index (χ4v) is 9.47. The van der Waals surface area contributed by atoms with Gasteiger partial charge in [-0.05, 0) is 164 Å². The summed E-state index contributed by atoms with van der Waals surface area (Å²) >= 11 is 3.55. The van der Waals surface area contributed by atoms with Crippen LogP contribution in [0.3, 0.4) is 0 Å². The molecule has 17 nitrogen and oxygen atoms in total. The van der Waals surface area contributed by atoms with E-state index in [1.807, 2.05) is 52.1 Å². The van der Waals surface area contributed by atoms with Gasteiger partial charge in [0.05, 0.1) is 36.9 Å². The molecule has 346 valence electrons. The first-order valence-corrected chi connectivity index (χ1v) is 24.2. The zero-order valence-corrected chi connectivity index (χ0v) is 39.0. The maximum absolute atomic E-state index is 14.0. The summed E-state index contributed by atoms with van der Waals surface area (Å²) in [4.78, 5) is 47.3. The van der Waals surface area contributed by atoms with Crippen molar-refractivity contribution in [1.29, 1.82) is 0 Å². The summed E-state index contributed by atoms with van der Waals surface area (Å²) in [5.74, 6) is -1.06. The predicted molar refractivity (Wildman–Crippen MR) is 254 cm³/mol. The summed E-state index contributed by atoms with van der Waals surface area (Å²) in [5.41, 5.74) is 4.96. The molecule has 0 aliphatic carbocycles. The molecule has 18 heteroatoms. The molecule has 3 aliphatic rings. The number of aromatic nitrogens is 6. The van der Waals surface area contributed by atoms with Gasteiger partial charge in [-0.3, -0.25) is 29.1 Å². The van der Waals surface area contributed by atoms with Crippen molar-refractivity contribution >= 4 is 44.4 Å². The minimum absolute atomic E-state index is 0.0272. The van der Waals surface area contributed by atoms with Crippen molar-refractivity contribution in [2.75, 3.05) is 91.6 Å². The molecule has 0 bridgehead atoms. The minimum atomic E-state index is -0.376. The molecular formula is C47H63BrN14O3. The predicted octanol–water partition coefficient (Wildman–Crippen LogP) is 3.24. The Morgan fingerprint density at radius 3 is 1.63 bits per heavy atom. The molecule has 5 heterocycles. The van der Waals surface area contributed by atoms with Crippen LogP contribution in [0.15, 0.2) is 65.4 Å². The molecule has 0 unspecified atom stereocenters. The van der Waals surface area contributed by atoms with Gasteiger partial charge < -0.3 is 26.6 Å². The molecule has 2 saturated heterocycles. The zero-order valence-electron chi connectivity index (χ0n) is 37.4. The largest absolute Gasteiger partial charge is 0.350 e. The molecule has 0 saturated carbocycles. The van der Waals surface area contributed by atoms with Crippen LogP contribution < -0.4 is 26.6 Å².